The summed E-state index contributed by atoms with van der Waals surface area (Å²) in [5, 5.41) is 0. The zero-order valence-electron chi connectivity index (χ0n) is 9.24. The van der Waals surface area contributed by atoms with Crippen molar-refractivity contribution in [3.63, 3.8) is 0 Å². The molecule has 4 nitrogen and oxygen atoms in total. The summed E-state index contributed by atoms with van der Waals surface area (Å²) in [4.78, 5) is 0. The van der Waals surface area contributed by atoms with Crippen molar-refractivity contribution in [2.24, 2.45) is 5.73 Å². The van der Waals surface area contributed by atoms with Crippen LogP contribution in [-0.2, 0) is 10.0 Å². The monoisotopic (exact) mass is 384 g/mol. The molecule has 0 bridgehead atoms. The highest BCUT2D eigenvalue weighted by Crippen LogP contribution is 2.30. The van der Waals surface area contributed by atoms with Crippen LogP contribution in [0.3, 0.4) is 0 Å². The lowest BCUT2D eigenvalue weighted by atomic mass is 10.3. The van der Waals surface area contributed by atoms with Crippen molar-refractivity contribution in [2.45, 2.75) is 17.1 Å². The molecule has 0 unspecified atom stereocenters. The summed E-state index contributed by atoms with van der Waals surface area (Å²) in [6.45, 7) is -0.183. The molecule has 0 saturated carbocycles. The molecule has 0 atom stereocenters. The van der Waals surface area contributed by atoms with Gasteiger partial charge in [0.15, 0.2) is 0 Å². The summed E-state index contributed by atoms with van der Waals surface area (Å²) in [7, 11) is -3.90. The SMILES string of the molecule is Cc1cc(S(=O)(=O)NCC(F)(F)CN)sc1Br.Cl. The Morgan fingerprint density at radius 2 is 2.11 bits per heavy atom. The Bertz CT molecular complexity index is 488. The minimum absolute atomic E-state index is 0. The average Bonchev–Trinajstić information content (AvgIpc) is 2.58. The molecule has 18 heavy (non-hydrogen) atoms. The number of aryl methyl sites for hydroxylation is 1. The Morgan fingerprint density at radius 1 is 1.56 bits per heavy atom. The Labute approximate surface area is 123 Å². The fourth-order valence-corrected chi connectivity index (χ4v) is 4.24. The molecule has 0 aliphatic rings. The molecule has 0 radical (unpaired) electrons. The number of thiophene rings is 1. The van der Waals surface area contributed by atoms with Gasteiger partial charge >= 0.3 is 0 Å². The van der Waals surface area contributed by atoms with Crippen LogP contribution in [0.25, 0.3) is 0 Å². The summed E-state index contributed by atoms with van der Waals surface area (Å²) >= 11 is 4.14. The van der Waals surface area contributed by atoms with E-state index in [2.05, 4.69) is 15.9 Å². The van der Waals surface area contributed by atoms with Crippen LogP contribution in [0.5, 0.6) is 0 Å². The third-order valence-corrected chi connectivity index (χ3v) is 5.93. The van der Waals surface area contributed by atoms with Crippen molar-refractivity contribution in [1.82, 2.24) is 4.72 Å². The van der Waals surface area contributed by atoms with Crippen LogP contribution in [0, 0.1) is 6.92 Å². The molecule has 0 aromatic carbocycles. The Balaban J connectivity index is 0.00000289. The van der Waals surface area contributed by atoms with Crippen LogP contribution in [0.15, 0.2) is 14.1 Å². The quantitative estimate of drug-likeness (QED) is 0.815. The summed E-state index contributed by atoms with van der Waals surface area (Å²) in [6, 6.07) is 1.41. The molecule has 1 rings (SSSR count). The molecule has 0 aliphatic heterocycles. The van der Waals surface area contributed by atoms with Crippen LogP contribution < -0.4 is 10.5 Å². The van der Waals surface area contributed by atoms with Gasteiger partial charge in [0.25, 0.3) is 5.92 Å². The number of rotatable bonds is 5. The van der Waals surface area contributed by atoms with Crippen LogP contribution >= 0.6 is 39.7 Å². The van der Waals surface area contributed by atoms with Crippen LogP contribution in [0.2, 0.25) is 0 Å². The maximum absolute atomic E-state index is 12.8. The van der Waals surface area contributed by atoms with E-state index in [1.165, 1.54) is 6.07 Å². The summed E-state index contributed by atoms with van der Waals surface area (Å²) < 4.78 is 51.5. The predicted octanol–water partition coefficient (Wildman–Crippen LogP) is 2.11. The molecule has 0 aliphatic carbocycles. The van der Waals surface area contributed by atoms with Gasteiger partial charge in [-0.05, 0) is 34.5 Å². The van der Waals surface area contributed by atoms with E-state index in [1.54, 1.807) is 6.92 Å². The molecule has 106 valence electrons. The first kappa shape index (κ1) is 18.2. The second-order valence-corrected chi connectivity index (χ2v) is 7.77. The lowest BCUT2D eigenvalue weighted by molar-refractivity contribution is 0.0170. The molecular formula is C8H12BrClF2N2O2S2. The van der Waals surface area contributed by atoms with Crippen molar-refractivity contribution in [1.29, 1.82) is 0 Å². The molecule has 1 aromatic heterocycles. The van der Waals surface area contributed by atoms with Crippen molar-refractivity contribution in [2.75, 3.05) is 13.1 Å². The zero-order valence-corrected chi connectivity index (χ0v) is 13.3. The number of alkyl halides is 2. The summed E-state index contributed by atoms with van der Waals surface area (Å²) in [5.41, 5.74) is 5.55. The van der Waals surface area contributed by atoms with Crippen molar-refractivity contribution < 1.29 is 17.2 Å². The van der Waals surface area contributed by atoms with Crippen LogP contribution in [0.1, 0.15) is 5.56 Å². The molecule has 10 heteroatoms. The van der Waals surface area contributed by atoms with Crippen molar-refractivity contribution in [3.05, 3.63) is 15.4 Å². The largest absolute Gasteiger partial charge is 0.325 e. The first-order valence-electron chi connectivity index (χ1n) is 4.51. The predicted molar refractivity (Wildman–Crippen MR) is 73.2 cm³/mol. The number of nitrogens with one attached hydrogen (secondary N) is 1. The van der Waals surface area contributed by atoms with E-state index in [4.69, 9.17) is 5.73 Å². The third kappa shape index (κ3) is 4.71. The molecule has 1 heterocycles. The van der Waals surface area contributed by atoms with Gasteiger partial charge in [-0.3, -0.25) is 0 Å². The highest BCUT2D eigenvalue weighted by Gasteiger charge is 2.30. The number of halogens is 4. The van der Waals surface area contributed by atoms with Gasteiger partial charge in [0.2, 0.25) is 10.0 Å². The summed E-state index contributed by atoms with van der Waals surface area (Å²) in [6.07, 6.45) is 0. The van der Waals surface area contributed by atoms with Gasteiger partial charge in [-0.2, -0.15) is 0 Å². The Kier molecular flexibility index (Phi) is 6.65. The highest BCUT2D eigenvalue weighted by molar-refractivity contribution is 9.11. The molecule has 0 fully saturated rings. The first-order valence-corrected chi connectivity index (χ1v) is 7.61. The minimum atomic E-state index is -3.90. The fraction of sp³-hybridized carbons (Fsp3) is 0.500. The first-order chi connectivity index (χ1) is 7.68. The molecule has 1 aromatic rings. The van der Waals surface area contributed by atoms with Gasteiger partial charge in [-0.15, -0.1) is 23.7 Å². The van der Waals surface area contributed by atoms with E-state index in [9.17, 15) is 17.2 Å². The minimum Gasteiger partial charge on any atom is -0.325 e. The van der Waals surface area contributed by atoms with Crippen LogP contribution in [-0.4, -0.2) is 27.4 Å². The number of hydrogen-bond donors (Lipinski definition) is 2. The molecular weight excluding hydrogens is 374 g/mol. The number of nitrogens with two attached hydrogens (primary N) is 1. The fourth-order valence-electron chi connectivity index (χ4n) is 0.908. The number of sulfonamides is 1. The Morgan fingerprint density at radius 3 is 2.50 bits per heavy atom. The van der Waals surface area contributed by atoms with Gasteiger partial charge in [-0.1, -0.05) is 0 Å². The maximum atomic E-state index is 12.8. The Hall–Kier alpha value is 0.200. The van der Waals surface area contributed by atoms with Gasteiger partial charge < -0.3 is 5.73 Å². The van der Waals surface area contributed by atoms with Gasteiger partial charge in [0.1, 0.15) is 4.21 Å². The van der Waals surface area contributed by atoms with E-state index in [1.807, 2.05) is 4.72 Å². The van der Waals surface area contributed by atoms with E-state index < -0.39 is 29.0 Å². The van der Waals surface area contributed by atoms with Crippen LogP contribution in [0.4, 0.5) is 8.78 Å². The average molecular weight is 386 g/mol. The lowest BCUT2D eigenvalue weighted by Crippen LogP contribution is -2.41. The van der Waals surface area contributed by atoms with Crippen molar-refractivity contribution >= 4 is 49.7 Å². The van der Waals surface area contributed by atoms with E-state index in [0.717, 1.165) is 16.9 Å². The highest BCUT2D eigenvalue weighted by atomic mass is 79.9. The molecule has 0 amide bonds. The topological polar surface area (TPSA) is 72.2 Å². The maximum Gasteiger partial charge on any atom is 0.273 e. The van der Waals surface area contributed by atoms with E-state index in [0.29, 0.717) is 3.79 Å². The van der Waals surface area contributed by atoms with Gasteiger partial charge in [0.05, 0.1) is 16.9 Å². The molecule has 0 saturated heterocycles. The smallest absolute Gasteiger partial charge is 0.273 e. The second-order valence-electron chi connectivity index (χ2n) is 3.41. The normalized spacial score (nSPS) is 12.3. The summed E-state index contributed by atoms with van der Waals surface area (Å²) in [5.74, 6) is -3.24. The number of hydrogen-bond acceptors (Lipinski definition) is 4. The lowest BCUT2D eigenvalue weighted by Gasteiger charge is -2.13. The van der Waals surface area contributed by atoms with Gasteiger partial charge in [0, 0.05) is 0 Å². The third-order valence-electron chi connectivity index (χ3n) is 1.92. The zero-order chi connectivity index (χ0) is 13.3. The van der Waals surface area contributed by atoms with Gasteiger partial charge in [-0.25, -0.2) is 21.9 Å². The standard InChI is InChI=1S/C8H11BrF2N2O2S2.ClH/c1-5-2-6(16-7(5)9)17(14,15)13-4-8(10,11)3-12;/h2,13H,3-4,12H2,1H3;1H. The second kappa shape index (κ2) is 6.58. The molecule has 0 spiro atoms. The van der Waals surface area contributed by atoms with E-state index in [-0.39, 0.29) is 16.6 Å². The van der Waals surface area contributed by atoms with Crippen molar-refractivity contribution in [3.8, 4) is 0 Å². The molecule has 3 N–H and O–H groups in total. The van der Waals surface area contributed by atoms with E-state index >= 15 is 0 Å².